The van der Waals surface area contributed by atoms with Gasteiger partial charge in [0.1, 0.15) is 0 Å². The molecule has 1 heterocycles. The van der Waals surface area contributed by atoms with Gasteiger partial charge in [-0.2, -0.15) is 0 Å². The van der Waals surface area contributed by atoms with Crippen LogP contribution in [0.5, 0.6) is 0 Å². The van der Waals surface area contributed by atoms with Crippen molar-refractivity contribution in [2.45, 2.75) is 18.2 Å². The summed E-state index contributed by atoms with van der Waals surface area (Å²) in [6.45, 7) is 0. The van der Waals surface area contributed by atoms with E-state index in [-0.39, 0.29) is 5.38 Å². The lowest BCUT2D eigenvalue weighted by molar-refractivity contribution is 0.546. The van der Waals surface area contributed by atoms with E-state index in [2.05, 4.69) is 52.3 Å². The number of alkyl halides is 1. The second-order valence-corrected chi connectivity index (χ2v) is 7.45. The minimum atomic E-state index is 0.138. The molecule has 0 amide bonds. The van der Waals surface area contributed by atoms with Crippen LogP contribution < -0.4 is 0 Å². The highest BCUT2D eigenvalue weighted by molar-refractivity contribution is 9.11. The molecule has 0 saturated carbocycles. The fraction of sp³-hybridized carbons (Fsp3) is 0.286. The molecule has 0 N–H and O–H groups in total. The summed E-state index contributed by atoms with van der Waals surface area (Å²) < 4.78 is 1.16. The summed E-state index contributed by atoms with van der Waals surface area (Å²) in [4.78, 5) is 1.27. The standard InChI is InChI=1S/C14H12BrClS/c15-13-6-5-12(17-13)14(16)11-7-9-3-1-2-4-10(9)8-11/h1-6,11,14H,7-8H2. The molecule has 3 rings (SSSR count). The number of thiophene rings is 1. The van der Waals surface area contributed by atoms with Crippen LogP contribution in [0.15, 0.2) is 40.2 Å². The lowest BCUT2D eigenvalue weighted by Gasteiger charge is -2.14. The molecule has 0 fully saturated rings. The lowest BCUT2D eigenvalue weighted by atomic mass is 10.0. The Morgan fingerprint density at radius 1 is 1.12 bits per heavy atom. The van der Waals surface area contributed by atoms with Crippen molar-refractivity contribution in [3.63, 3.8) is 0 Å². The Hall–Kier alpha value is -0.310. The maximum atomic E-state index is 6.61. The summed E-state index contributed by atoms with van der Waals surface area (Å²) in [7, 11) is 0. The van der Waals surface area contributed by atoms with Crippen molar-refractivity contribution in [2.75, 3.05) is 0 Å². The topological polar surface area (TPSA) is 0 Å². The Labute approximate surface area is 119 Å². The molecule has 1 unspecified atom stereocenters. The van der Waals surface area contributed by atoms with Crippen molar-refractivity contribution in [2.24, 2.45) is 5.92 Å². The van der Waals surface area contributed by atoms with Crippen molar-refractivity contribution in [1.29, 1.82) is 0 Å². The molecule has 88 valence electrons. The molecule has 0 saturated heterocycles. The number of hydrogen-bond acceptors (Lipinski definition) is 1. The molecule has 3 heteroatoms. The number of benzene rings is 1. The van der Waals surface area contributed by atoms with Gasteiger partial charge in [0.2, 0.25) is 0 Å². The number of hydrogen-bond donors (Lipinski definition) is 0. The predicted molar refractivity (Wildman–Crippen MR) is 78.0 cm³/mol. The first-order chi connectivity index (χ1) is 8.24. The van der Waals surface area contributed by atoms with Crippen molar-refractivity contribution >= 4 is 38.9 Å². The quantitative estimate of drug-likeness (QED) is 0.665. The lowest BCUT2D eigenvalue weighted by Crippen LogP contribution is -2.06. The van der Waals surface area contributed by atoms with E-state index >= 15 is 0 Å². The van der Waals surface area contributed by atoms with E-state index in [0.29, 0.717) is 5.92 Å². The first kappa shape index (κ1) is 11.8. The van der Waals surface area contributed by atoms with E-state index in [9.17, 15) is 0 Å². The average Bonchev–Trinajstić information content (AvgIpc) is 2.93. The van der Waals surface area contributed by atoms with Gasteiger partial charge >= 0.3 is 0 Å². The molecule has 0 bridgehead atoms. The van der Waals surface area contributed by atoms with E-state index in [1.165, 1.54) is 16.0 Å². The summed E-state index contributed by atoms with van der Waals surface area (Å²) >= 11 is 11.8. The van der Waals surface area contributed by atoms with E-state index < -0.39 is 0 Å². The van der Waals surface area contributed by atoms with Gasteiger partial charge in [-0.05, 0) is 57.9 Å². The zero-order valence-electron chi connectivity index (χ0n) is 9.20. The first-order valence-electron chi connectivity index (χ1n) is 5.70. The molecule has 0 radical (unpaired) electrons. The number of halogens is 2. The molecular weight excluding hydrogens is 316 g/mol. The molecule has 1 aliphatic rings. The Kier molecular flexibility index (Phi) is 3.29. The van der Waals surface area contributed by atoms with Crippen LogP contribution >= 0.6 is 38.9 Å². The van der Waals surface area contributed by atoms with Crippen LogP contribution in [0.4, 0.5) is 0 Å². The third-order valence-corrected chi connectivity index (χ3v) is 5.79. The van der Waals surface area contributed by atoms with Gasteiger partial charge in [0.25, 0.3) is 0 Å². The Bertz CT molecular complexity index is 510. The second-order valence-electron chi connectivity index (χ2n) is 4.48. The highest BCUT2D eigenvalue weighted by atomic mass is 79.9. The molecular formula is C14H12BrClS. The van der Waals surface area contributed by atoms with Crippen molar-refractivity contribution in [1.82, 2.24) is 0 Å². The van der Waals surface area contributed by atoms with E-state index in [0.717, 1.165) is 16.6 Å². The minimum absolute atomic E-state index is 0.138. The Morgan fingerprint density at radius 2 is 1.76 bits per heavy atom. The summed E-state index contributed by atoms with van der Waals surface area (Å²) in [5, 5.41) is 0.138. The van der Waals surface area contributed by atoms with Crippen LogP contribution in [0.1, 0.15) is 21.4 Å². The third kappa shape index (κ3) is 2.31. The van der Waals surface area contributed by atoms with Gasteiger partial charge in [0.05, 0.1) is 9.16 Å². The van der Waals surface area contributed by atoms with Gasteiger partial charge in [0.15, 0.2) is 0 Å². The Balaban J connectivity index is 1.80. The SMILES string of the molecule is ClC(c1ccc(Br)s1)C1Cc2ccccc2C1. The number of fused-ring (bicyclic) bond motifs is 1. The largest absolute Gasteiger partial charge is 0.132 e. The third-order valence-electron chi connectivity index (χ3n) is 3.36. The van der Waals surface area contributed by atoms with Crippen LogP contribution in [0.3, 0.4) is 0 Å². The van der Waals surface area contributed by atoms with Gasteiger partial charge < -0.3 is 0 Å². The molecule has 2 aromatic rings. The molecule has 0 aliphatic heterocycles. The molecule has 17 heavy (non-hydrogen) atoms. The Morgan fingerprint density at radius 3 is 2.29 bits per heavy atom. The molecule has 0 nitrogen and oxygen atoms in total. The smallest absolute Gasteiger partial charge is 0.0713 e. The van der Waals surface area contributed by atoms with Crippen LogP contribution in [-0.2, 0) is 12.8 Å². The fourth-order valence-corrected chi connectivity index (χ4v) is 4.39. The average molecular weight is 328 g/mol. The maximum Gasteiger partial charge on any atom is 0.0713 e. The van der Waals surface area contributed by atoms with Crippen LogP contribution in [0.2, 0.25) is 0 Å². The van der Waals surface area contributed by atoms with E-state index in [1.807, 2.05) is 0 Å². The second kappa shape index (κ2) is 4.75. The summed E-state index contributed by atoms with van der Waals surface area (Å²) in [6, 6.07) is 12.9. The van der Waals surface area contributed by atoms with E-state index in [4.69, 9.17) is 11.6 Å². The van der Waals surface area contributed by atoms with Gasteiger partial charge in [-0.3, -0.25) is 0 Å². The minimum Gasteiger partial charge on any atom is -0.132 e. The van der Waals surface area contributed by atoms with Crippen molar-refractivity contribution in [3.05, 3.63) is 56.2 Å². The molecule has 0 spiro atoms. The van der Waals surface area contributed by atoms with Crippen molar-refractivity contribution < 1.29 is 0 Å². The maximum absolute atomic E-state index is 6.61. The van der Waals surface area contributed by atoms with Crippen LogP contribution in [0, 0.1) is 5.92 Å². The summed E-state index contributed by atoms with van der Waals surface area (Å²) in [5.74, 6) is 0.541. The van der Waals surface area contributed by atoms with Gasteiger partial charge in [-0.15, -0.1) is 22.9 Å². The number of rotatable bonds is 2. The van der Waals surface area contributed by atoms with Crippen LogP contribution in [0.25, 0.3) is 0 Å². The van der Waals surface area contributed by atoms with Crippen molar-refractivity contribution in [3.8, 4) is 0 Å². The molecule has 1 aromatic heterocycles. The molecule has 1 atom stereocenters. The first-order valence-corrected chi connectivity index (χ1v) is 7.75. The van der Waals surface area contributed by atoms with Gasteiger partial charge in [-0.25, -0.2) is 0 Å². The fourth-order valence-electron chi connectivity index (χ4n) is 2.51. The van der Waals surface area contributed by atoms with Gasteiger partial charge in [-0.1, -0.05) is 24.3 Å². The monoisotopic (exact) mass is 326 g/mol. The molecule has 1 aromatic carbocycles. The summed E-state index contributed by atoms with van der Waals surface area (Å²) in [6.07, 6.45) is 2.22. The van der Waals surface area contributed by atoms with Gasteiger partial charge in [0, 0.05) is 4.88 Å². The zero-order chi connectivity index (χ0) is 11.8. The van der Waals surface area contributed by atoms with Crippen LogP contribution in [-0.4, -0.2) is 0 Å². The van der Waals surface area contributed by atoms with E-state index in [1.54, 1.807) is 11.3 Å². The molecule has 1 aliphatic carbocycles. The normalized spacial score (nSPS) is 17.1. The predicted octanol–water partition coefficient (Wildman–Crippen LogP) is 5.21. The summed E-state index contributed by atoms with van der Waals surface area (Å²) in [5.41, 5.74) is 2.94. The zero-order valence-corrected chi connectivity index (χ0v) is 12.4. The highest BCUT2D eigenvalue weighted by Crippen LogP contribution is 2.42. The highest BCUT2D eigenvalue weighted by Gasteiger charge is 2.28.